The fourth-order valence-corrected chi connectivity index (χ4v) is 3.11. The number of hydrogen-bond acceptors (Lipinski definition) is 1. The van der Waals surface area contributed by atoms with E-state index in [2.05, 4.69) is 25.6 Å². The molecule has 1 aliphatic carbocycles. The molecule has 0 unspecified atom stereocenters. The number of hydrogen-bond donors (Lipinski definition) is 1. The number of aromatic nitrogens is 1. The van der Waals surface area contributed by atoms with Crippen molar-refractivity contribution in [1.82, 2.24) is 4.57 Å². The molecule has 4 heteroatoms. The van der Waals surface area contributed by atoms with Crippen LogP contribution in [0.5, 0.6) is 0 Å². The van der Waals surface area contributed by atoms with Crippen LogP contribution in [0.25, 0.3) is 0 Å². The van der Waals surface area contributed by atoms with E-state index in [4.69, 9.17) is 0 Å². The average molecular weight is 285 g/mol. The lowest BCUT2D eigenvalue weighted by atomic mass is 9.95. The first kappa shape index (κ1) is 16.3. The molecule has 3 nitrogen and oxygen atoms in total. The number of halogens is 1. The summed E-state index contributed by atoms with van der Waals surface area (Å²) in [7, 11) is 4.33. The molecule has 0 aliphatic heterocycles. The summed E-state index contributed by atoms with van der Waals surface area (Å²) in [6.45, 7) is 5.86. The monoisotopic (exact) mass is 284 g/mol. The number of nitrogens with zero attached hydrogens (tertiary/aromatic N) is 1. The molecule has 2 rings (SSSR count). The second-order valence-corrected chi connectivity index (χ2v) is 5.77. The van der Waals surface area contributed by atoms with Gasteiger partial charge in [-0.1, -0.05) is 0 Å². The number of fused-ring (bicyclic) bond motifs is 1. The van der Waals surface area contributed by atoms with Gasteiger partial charge in [-0.25, -0.2) is 0 Å². The summed E-state index contributed by atoms with van der Waals surface area (Å²) >= 11 is 0. The lowest BCUT2D eigenvalue weighted by molar-refractivity contribution is -0.858. The van der Waals surface area contributed by atoms with E-state index in [1.165, 1.54) is 34.6 Å². The third-order valence-corrected chi connectivity index (χ3v) is 4.01. The first-order valence-electron chi connectivity index (χ1n) is 7.03. The number of carbonyl (C=O) groups is 1. The highest BCUT2D eigenvalue weighted by Crippen LogP contribution is 2.29. The Morgan fingerprint density at radius 2 is 1.89 bits per heavy atom. The Morgan fingerprint density at radius 1 is 1.26 bits per heavy atom. The van der Waals surface area contributed by atoms with Crippen molar-refractivity contribution >= 4 is 5.78 Å². The van der Waals surface area contributed by atoms with E-state index >= 15 is 0 Å². The molecule has 0 saturated heterocycles. The summed E-state index contributed by atoms with van der Waals surface area (Å²) in [5, 5.41) is 0. The van der Waals surface area contributed by atoms with Gasteiger partial charge in [0.05, 0.1) is 32.9 Å². The van der Waals surface area contributed by atoms with Crippen LogP contribution in [0.2, 0.25) is 0 Å². The molecule has 19 heavy (non-hydrogen) atoms. The Hall–Kier alpha value is -0.800. The Bertz CT molecular complexity index is 463. The minimum atomic E-state index is 0. The van der Waals surface area contributed by atoms with Crippen LogP contribution >= 0.6 is 0 Å². The molecule has 0 saturated carbocycles. The normalized spacial score (nSPS) is 14.2. The SMILES string of the molecule is CC(=O)c1c(C)c2c(n1CC[NH+](C)C)CCCC2.[Cl-]. The molecule has 0 atom stereocenters. The molecule has 0 bridgehead atoms. The van der Waals surface area contributed by atoms with E-state index in [1.807, 2.05) is 0 Å². The molecule has 0 radical (unpaired) electrons. The molecule has 0 fully saturated rings. The summed E-state index contributed by atoms with van der Waals surface area (Å²) in [6.07, 6.45) is 4.84. The van der Waals surface area contributed by atoms with Crippen molar-refractivity contribution in [2.45, 2.75) is 46.1 Å². The predicted octanol–water partition coefficient (Wildman–Crippen LogP) is -1.97. The third-order valence-electron chi connectivity index (χ3n) is 4.01. The standard InChI is InChI=1S/C15H24N2O.ClH/c1-11-13-7-5-6-8-14(13)17(10-9-16(3)4)15(11)12(2)18;/h5-10H2,1-4H3;1H. The van der Waals surface area contributed by atoms with Crippen LogP contribution < -0.4 is 17.3 Å². The highest BCUT2D eigenvalue weighted by Gasteiger charge is 2.24. The highest BCUT2D eigenvalue weighted by molar-refractivity contribution is 5.94. The van der Waals surface area contributed by atoms with Gasteiger partial charge >= 0.3 is 0 Å². The maximum atomic E-state index is 11.9. The number of nitrogens with one attached hydrogen (secondary N) is 1. The summed E-state index contributed by atoms with van der Waals surface area (Å²) in [5.41, 5.74) is 5.10. The van der Waals surface area contributed by atoms with Crippen LogP contribution in [0.3, 0.4) is 0 Å². The number of quaternary nitrogens is 1. The number of likely N-dealkylation sites (N-methyl/N-ethyl adjacent to an activating group) is 1. The van der Waals surface area contributed by atoms with Crippen molar-refractivity contribution in [2.75, 3.05) is 20.6 Å². The highest BCUT2D eigenvalue weighted by atomic mass is 35.5. The molecular formula is C15H25ClN2O. The molecule has 1 aromatic rings. The van der Waals surface area contributed by atoms with Crippen molar-refractivity contribution in [1.29, 1.82) is 0 Å². The minimum absolute atomic E-state index is 0. The minimum Gasteiger partial charge on any atom is -1.00 e. The molecule has 1 heterocycles. The van der Waals surface area contributed by atoms with Crippen LogP contribution in [-0.2, 0) is 19.4 Å². The van der Waals surface area contributed by atoms with E-state index in [0.29, 0.717) is 0 Å². The van der Waals surface area contributed by atoms with Crippen molar-refractivity contribution in [2.24, 2.45) is 0 Å². The first-order chi connectivity index (χ1) is 8.52. The fraction of sp³-hybridized carbons (Fsp3) is 0.667. The summed E-state index contributed by atoms with van der Waals surface area (Å²) in [4.78, 5) is 13.4. The van der Waals surface area contributed by atoms with Crippen LogP contribution in [0, 0.1) is 6.92 Å². The van der Waals surface area contributed by atoms with Gasteiger partial charge in [-0.05, 0) is 43.7 Å². The topological polar surface area (TPSA) is 26.4 Å². The van der Waals surface area contributed by atoms with Crippen LogP contribution in [0.15, 0.2) is 0 Å². The van der Waals surface area contributed by atoms with Gasteiger partial charge in [-0.15, -0.1) is 0 Å². The van der Waals surface area contributed by atoms with Crippen LogP contribution in [-0.4, -0.2) is 31.0 Å². The van der Waals surface area contributed by atoms with Gasteiger partial charge in [-0.2, -0.15) is 0 Å². The Labute approximate surface area is 122 Å². The quantitative estimate of drug-likeness (QED) is 0.638. The second-order valence-electron chi connectivity index (χ2n) is 5.77. The average Bonchev–Trinajstić information content (AvgIpc) is 2.60. The summed E-state index contributed by atoms with van der Waals surface area (Å²) in [6, 6.07) is 0. The van der Waals surface area contributed by atoms with Crippen LogP contribution in [0.1, 0.15) is 47.1 Å². The van der Waals surface area contributed by atoms with E-state index in [1.54, 1.807) is 6.92 Å². The molecule has 1 N–H and O–H groups in total. The van der Waals surface area contributed by atoms with Gasteiger partial charge in [0.1, 0.15) is 0 Å². The van der Waals surface area contributed by atoms with Gasteiger partial charge in [0, 0.05) is 12.6 Å². The number of Topliss-reactive ketones (excluding diaryl/α,β-unsaturated/α-hetero) is 1. The maximum Gasteiger partial charge on any atom is 0.176 e. The fourth-order valence-electron chi connectivity index (χ4n) is 3.11. The van der Waals surface area contributed by atoms with Crippen molar-refractivity contribution in [3.63, 3.8) is 0 Å². The molecule has 108 valence electrons. The number of ketones is 1. The van der Waals surface area contributed by atoms with Crippen molar-refractivity contribution in [3.8, 4) is 0 Å². The largest absolute Gasteiger partial charge is 1.00 e. The van der Waals surface area contributed by atoms with E-state index in [-0.39, 0.29) is 18.2 Å². The summed E-state index contributed by atoms with van der Waals surface area (Å²) < 4.78 is 2.30. The lowest BCUT2D eigenvalue weighted by Crippen LogP contribution is -3.06. The van der Waals surface area contributed by atoms with Crippen LogP contribution in [0.4, 0.5) is 0 Å². The smallest absolute Gasteiger partial charge is 0.176 e. The van der Waals surface area contributed by atoms with E-state index < -0.39 is 0 Å². The molecule has 0 aromatic carbocycles. The van der Waals surface area contributed by atoms with Crippen molar-refractivity contribution in [3.05, 3.63) is 22.5 Å². The molecule has 1 aliphatic rings. The van der Waals surface area contributed by atoms with Gasteiger partial charge in [0.25, 0.3) is 0 Å². The molecule has 1 aromatic heterocycles. The summed E-state index contributed by atoms with van der Waals surface area (Å²) in [5.74, 6) is 0.218. The zero-order chi connectivity index (χ0) is 13.3. The van der Waals surface area contributed by atoms with Gasteiger partial charge in [0.15, 0.2) is 5.78 Å². The Kier molecular flexibility index (Phi) is 5.63. The molecular weight excluding hydrogens is 260 g/mol. The third kappa shape index (κ3) is 3.21. The second kappa shape index (κ2) is 6.58. The zero-order valence-corrected chi connectivity index (χ0v) is 13.2. The lowest BCUT2D eigenvalue weighted by Gasteiger charge is -2.17. The van der Waals surface area contributed by atoms with E-state index in [9.17, 15) is 4.79 Å². The molecule has 0 amide bonds. The predicted molar refractivity (Wildman–Crippen MR) is 73.5 cm³/mol. The number of rotatable bonds is 4. The maximum absolute atomic E-state index is 11.9. The zero-order valence-electron chi connectivity index (χ0n) is 12.5. The van der Waals surface area contributed by atoms with Crippen molar-refractivity contribution < 1.29 is 22.1 Å². The first-order valence-corrected chi connectivity index (χ1v) is 7.03. The van der Waals surface area contributed by atoms with E-state index in [0.717, 1.165) is 31.6 Å². The van der Waals surface area contributed by atoms with Gasteiger partial charge in [0.2, 0.25) is 0 Å². The Balaban J connectivity index is 0.00000180. The van der Waals surface area contributed by atoms with Gasteiger partial charge < -0.3 is 21.9 Å². The Morgan fingerprint density at radius 3 is 2.47 bits per heavy atom. The number of carbonyl (C=O) groups excluding carboxylic acids is 1. The van der Waals surface area contributed by atoms with Gasteiger partial charge in [-0.3, -0.25) is 4.79 Å². The molecule has 0 spiro atoms.